The van der Waals surface area contributed by atoms with Gasteiger partial charge in [-0.1, -0.05) is 35.9 Å². The maximum absolute atomic E-state index is 10.2. The summed E-state index contributed by atoms with van der Waals surface area (Å²) in [4.78, 5) is 0. The van der Waals surface area contributed by atoms with E-state index < -0.39 is 6.10 Å². The average Bonchev–Trinajstić information content (AvgIpc) is 2.52. The van der Waals surface area contributed by atoms with Crippen LogP contribution >= 0.6 is 11.6 Å². The molecular weight excluding hydrogens is 286 g/mol. The van der Waals surface area contributed by atoms with Gasteiger partial charge in [0.15, 0.2) is 0 Å². The predicted molar refractivity (Wildman–Crippen MR) is 85.8 cm³/mol. The second kappa shape index (κ2) is 7.46. The third-order valence-electron chi connectivity index (χ3n) is 3.47. The van der Waals surface area contributed by atoms with Crippen molar-refractivity contribution in [1.29, 1.82) is 0 Å². The summed E-state index contributed by atoms with van der Waals surface area (Å²) < 4.78 is 5.11. The molecule has 0 aliphatic heterocycles. The summed E-state index contributed by atoms with van der Waals surface area (Å²) in [6, 6.07) is 15.3. The Balaban J connectivity index is 1.92. The number of ether oxygens (including phenoxy) is 1. The number of halogens is 1. The molecule has 0 radical (unpaired) electrons. The van der Waals surface area contributed by atoms with Crippen molar-refractivity contribution in [3.05, 3.63) is 64.7 Å². The van der Waals surface area contributed by atoms with Gasteiger partial charge in [-0.25, -0.2) is 0 Å². The lowest BCUT2D eigenvalue weighted by atomic mass is 10.1. The maximum Gasteiger partial charge on any atom is 0.118 e. The normalized spacial score (nSPS) is 13.7. The van der Waals surface area contributed by atoms with E-state index in [1.54, 1.807) is 7.11 Å². The van der Waals surface area contributed by atoms with Crippen molar-refractivity contribution in [2.45, 2.75) is 19.1 Å². The van der Waals surface area contributed by atoms with Gasteiger partial charge in [0.25, 0.3) is 0 Å². The Morgan fingerprint density at radius 3 is 2.48 bits per heavy atom. The quantitative estimate of drug-likeness (QED) is 0.854. The number of rotatable bonds is 6. The van der Waals surface area contributed by atoms with Crippen molar-refractivity contribution >= 4 is 11.6 Å². The lowest BCUT2D eigenvalue weighted by molar-refractivity contribution is 0.170. The second-order valence-electron chi connectivity index (χ2n) is 4.97. The van der Waals surface area contributed by atoms with E-state index in [0.717, 1.165) is 21.9 Å². The summed E-state index contributed by atoms with van der Waals surface area (Å²) in [5, 5.41) is 14.2. The lowest BCUT2D eigenvalue weighted by Gasteiger charge is -2.18. The summed E-state index contributed by atoms with van der Waals surface area (Å²) >= 11 is 5.99. The Morgan fingerprint density at radius 2 is 1.86 bits per heavy atom. The predicted octanol–water partition coefficient (Wildman–Crippen LogP) is 3.73. The number of aliphatic hydroxyl groups is 1. The molecule has 0 aliphatic carbocycles. The molecule has 2 N–H and O–H groups in total. The first kappa shape index (κ1) is 15.8. The lowest BCUT2D eigenvalue weighted by Crippen LogP contribution is -2.24. The summed E-state index contributed by atoms with van der Waals surface area (Å²) in [7, 11) is 1.62. The highest BCUT2D eigenvalue weighted by molar-refractivity contribution is 6.30. The van der Waals surface area contributed by atoms with E-state index >= 15 is 0 Å². The molecule has 2 rings (SSSR count). The third-order valence-corrected chi connectivity index (χ3v) is 3.70. The van der Waals surface area contributed by atoms with Gasteiger partial charge in [-0.2, -0.15) is 0 Å². The molecule has 0 aromatic heterocycles. The Morgan fingerprint density at radius 1 is 1.14 bits per heavy atom. The monoisotopic (exact) mass is 305 g/mol. The van der Waals surface area contributed by atoms with Gasteiger partial charge in [-0.05, 0) is 42.3 Å². The molecule has 0 bridgehead atoms. The van der Waals surface area contributed by atoms with Gasteiger partial charge < -0.3 is 15.2 Å². The molecule has 0 saturated heterocycles. The maximum atomic E-state index is 10.2. The zero-order valence-electron chi connectivity index (χ0n) is 12.2. The molecule has 112 valence electrons. The highest BCUT2D eigenvalue weighted by Gasteiger charge is 2.11. The van der Waals surface area contributed by atoms with Crippen LogP contribution in [0.25, 0.3) is 0 Å². The van der Waals surface area contributed by atoms with Crippen LogP contribution in [0.3, 0.4) is 0 Å². The minimum atomic E-state index is -0.558. The molecule has 0 spiro atoms. The van der Waals surface area contributed by atoms with Gasteiger partial charge in [-0.3, -0.25) is 0 Å². The Hall–Kier alpha value is -1.55. The third kappa shape index (κ3) is 4.46. The summed E-state index contributed by atoms with van der Waals surface area (Å²) in [5.41, 5.74) is 1.96. The smallest absolute Gasteiger partial charge is 0.118 e. The van der Waals surface area contributed by atoms with Crippen molar-refractivity contribution in [1.82, 2.24) is 5.32 Å². The van der Waals surface area contributed by atoms with E-state index in [4.69, 9.17) is 16.3 Å². The SMILES string of the molecule is COc1ccc(C(O)CN[C@H](C)c2cccc(Cl)c2)cc1. The van der Waals surface area contributed by atoms with E-state index in [1.165, 1.54) is 0 Å². The van der Waals surface area contributed by atoms with E-state index in [-0.39, 0.29) is 6.04 Å². The fourth-order valence-electron chi connectivity index (χ4n) is 2.13. The first-order valence-electron chi connectivity index (χ1n) is 6.91. The average molecular weight is 306 g/mol. The molecule has 2 aromatic carbocycles. The van der Waals surface area contributed by atoms with Crippen LogP contribution in [0.2, 0.25) is 5.02 Å². The molecule has 2 atom stereocenters. The second-order valence-corrected chi connectivity index (χ2v) is 5.41. The molecule has 21 heavy (non-hydrogen) atoms. The fourth-order valence-corrected chi connectivity index (χ4v) is 2.32. The van der Waals surface area contributed by atoms with E-state index in [1.807, 2.05) is 55.5 Å². The molecule has 0 amide bonds. The molecule has 0 fully saturated rings. The molecular formula is C17H20ClNO2. The number of hydrogen-bond acceptors (Lipinski definition) is 3. The van der Waals surface area contributed by atoms with E-state index in [2.05, 4.69) is 5.32 Å². The molecule has 1 unspecified atom stereocenters. The number of benzene rings is 2. The fraction of sp³-hybridized carbons (Fsp3) is 0.294. The number of aliphatic hydroxyl groups excluding tert-OH is 1. The van der Waals surface area contributed by atoms with Crippen LogP contribution in [-0.2, 0) is 0 Å². The van der Waals surface area contributed by atoms with Gasteiger partial charge in [0, 0.05) is 17.6 Å². The zero-order chi connectivity index (χ0) is 15.2. The number of nitrogens with one attached hydrogen (secondary N) is 1. The van der Waals surface area contributed by atoms with Crippen LogP contribution in [-0.4, -0.2) is 18.8 Å². The van der Waals surface area contributed by atoms with Crippen molar-refractivity contribution in [2.24, 2.45) is 0 Å². The van der Waals surface area contributed by atoms with Crippen LogP contribution in [0.5, 0.6) is 5.75 Å². The highest BCUT2D eigenvalue weighted by atomic mass is 35.5. The van der Waals surface area contributed by atoms with E-state index in [0.29, 0.717) is 6.54 Å². The molecule has 0 aliphatic rings. The summed E-state index contributed by atoms with van der Waals surface area (Å²) in [6.07, 6.45) is -0.558. The Bertz CT molecular complexity index is 571. The number of methoxy groups -OCH3 is 1. The topological polar surface area (TPSA) is 41.5 Å². The molecule has 0 heterocycles. The van der Waals surface area contributed by atoms with E-state index in [9.17, 15) is 5.11 Å². The standard InChI is InChI=1S/C17H20ClNO2/c1-12(14-4-3-5-15(18)10-14)19-11-17(20)13-6-8-16(21-2)9-7-13/h3-10,12,17,19-20H,11H2,1-2H3/t12-,17?/m1/s1. The number of hydrogen-bond donors (Lipinski definition) is 2. The molecule has 3 nitrogen and oxygen atoms in total. The van der Waals surface area contributed by atoms with Gasteiger partial charge in [0.1, 0.15) is 5.75 Å². The minimum absolute atomic E-state index is 0.122. The molecule has 4 heteroatoms. The van der Waals surface area contributed by atoms with Crippen molar-refractivity contribution in [3.8, 4) is 5.75 Å². The summed E-state index contributed by atoms with van der Waals surface area (Å²) in [5.74, 6) is 0.784. The molecule has 0 saturated carbocycles. The largest absolute Gasteiger partial charge is 0.497 e. The Labute approximate surface area is 130 Å². The minimum Gasteiger partial charge on any atom is -0.497 e. The first-order valence-corrected chi connectivity index (χ1v) is 7.29. The van der Waals surface area contributed by atoms with Crippen LogP contribution in [0, 0.1) is 0 Å². The molecule has 2 aromatic rings. The van der Waals surface area contributed by atoms with Crippen LogP contribution in [0.4, 0.5) is 0 Å². The van der Waals surface area contributed by atoms with Crippen molar-refractivity contribution in [2.75, 3.05) is 13.7 Å². The Kier molecular flexibility index (Phi) is 5.62. The van der Waals surface area contributed by atoms with Gasteiger partial charge >= 0.3 is 0 Å². The first-order chi connectivity index (χ1) is 10.1. The van der Waals surface area contributed by atoms with Gasteiger partial charge in [-0.15, -0.1) is 0 Å². The zero-order valence-corrected chi connectivity index (χ0v) is 13.0. The van der Waals surface area contributed by atoms with Crippen molar-refractivity contribution in [3.63, 3.8) is 0 Å². The van der Waals surface area contributed by atoms with Crippen LogP contribution in [0.1, 0.15) is 30.2 Å². The summed E-state index contributed by atoms with van der Waals surface area (Å²) in [6.45, 7) is 2.52. The van der Waals surface area contributed by atoms with Crippen LogP contribution in [0.15, 0.2) is 48.5 Å². The highest BCUT2D eigenvalue weighted by Crippen LogP contribution is 2.20. The van der Waals surface area contributed by atoms with Gasteiger partial charge in [0.2, 0.25) is 0 Å². The van der Waals surface area contributed by atoms with Crippen LogP contribution < -0.4 is 10.1 Å². The van der Waals surface area contributed by atoms with Crippen molar-refractivity contribution < 1.29 is 9.84 Å². The van der Waals surface area contributed by atoms with Gasteiger partial charge in [0.05, 0.1) is 13.2 Å².